The molecule has 17 heteroatoms. The number of nitrogens with two attached hydrogens (primary N) is 1. The number of hydrogen-bond donors (Lipinski definition) is 2. The Balaban J connectivity index is 0.00000504. The number of nitrogen functional groups attached to an aromatic ring is 1. The number of pyridine rings is 1. The van der Waals surface area contributed by atoms with Gasteiger partial charge in [-0.2, -0.15) is 13.9 Å². The van der Waals surface area contributed by atoms with E-state index in [1.54, 1.807) is 6.92 Å². The highest BCUT2D eigenvalue weighted by molar-refractivity contribution is 7.86. The second kappa shape index (κ2) is 16.2. The normalized spacial score (nSPS) is 18.4. The molecule has 0 saturated carbocycles. The molecule has 2 aliphatic heterocycles. The van der Waals surface area contributed by atoms with Gasteiger partial charge in [-0.25, -0.2) is 4.79 Å². The summed E-state index contributed by atoms with van der Waals surface area (Å²) in [5.41, 5.74) is 8.23. The van der Waals surface area contributed by atoms with Crippen molar-refractivity contribution in [3.05, 3.63) is 113 Å². The van der Waals surface area contributed by atoms with Crippen LogP contribution in [0.15, 0.2) is 102 Å². The van der Waals surface area contributed by atoms with Crippen LogP contribution in [-0.2, 0) is 41.3 Å². The first-order valence-electron chi connectivity index (χ1n) is 15.7. The van der Waals surface area contributed by atoms with Crippen LogP contribution in [0.3, 0.4) is 0 Å². The standard InChI is InChI=1S/C34H34N8O6S2.ClH/c1-4-47-38-25(29-37-34(35)49-39-29)30(43)36-26-31(44)42-27(23(20-50(46)32(26)42)18-41-17-11-16-24(19-41)40(2)3)33(45)48-28(21-12-7-5-8-13-21)22-14-9-6-10-15-22;/h5-17,19,26,28,32H,4,18,20H2,1-3H3,(H2-,35,36,37,39,43);1H/t26?,32-,50?;/m0./s1. The van der Waals surface area contributed by atoms with Crippen LogP contribution < -0.4 is 32.9 Å². The molecule has 2 amide bonds. The van der Waals surface area contributed by atoms with E-state index >= 15 is 0 Å². The summed E-state index contributed by atoms with van der Waals surface area (Å²) in [6.45, 7) is 2.00. The minimum Gasteiger partial charge on any atom is -1.00 e. The molecule has 0 aliphatic carbocycles. The summed E-state index contributed by atoms with van der Waals surface area (Å²) >= 11 is 0.864. The van der Waals surface area contributed by atoms with Crippen molar-refractivity contribution >= 4 is 56.6 Å². The quantitative estimate of drug-likeness (QED) is 0.0597. The maximum atomic E-state index is 14.4. The fourth-order valence-electron chi connectivity index (χ4n) is 5.66. The van der Waals surface area contributed by atoms with Crippen molar-refractivity contribution in [2.75, 3.05) is 37.1 Å². The van der Waals surface area contributed by atoms with Crippen LogP contribution in [0, 0.1) is 0 Å². The molecule has 2 unspecified atom stereocenters. The van der Waals surface area contributed by atoms with Gasteiger partial charge in [-0.15, -0.1) is 0 Å². The number of benzene rings is 2. The zero-order valence-corrected chi connectivity index (χ0v) is 30.2. The predicted molar refractivity (Wildman–Crippen MR) is 187 cm³/mol. The van der Waals surface area contributed by atoms with Gasteiger partial charge in [-0.3, -0.25) is 18.7 Å². The summed E-state index contributed by atoms with van der Waals surface area (Å²) in [5.74, 6) is -2.35. The minimum atomic E-state index is -1.71. The third-order valence-corrected chi connectivity index (χ3v) is 10.2. The van der Waals surface area contributed by atoms with Gasteiger partial charge in [0.05, 0.1) is 16.6 Å². The molecule has 1 fully saturated rings. The monoisotopic (exact) mass is 750 g/mol. The van der Waals surface area contributed by atoms with Crippen LogP contribution in [-0.4, -0.2) is 79.8 Å². The number of aromatic nitrogens is 3. The Morgan fingerprint density at radius 2 is 1.78 bits per heavy atom. The molecule has 1 saturated heterocycles. The number of ether oxygens (including phenoxy) is 1. The van der Waals surface area contributed by atoms with E-state index < -0.39 is 46.1 Å². The van der Waals surface area contributed by atoms with Gasteiger partial charge in [0, 0.05) is 37.3 Å². The number of halogens is 1. The van der Waals surface area contributed by atoms with Crippen molar-refractivity contribution in [3.63, 3.8) is 0 Å². The van der Waals surface area contributed by atoms with E-state index in [2.05, 4.69) is 19.8 Å². The average Bonchev–Trinajstić information content (AvgIpc) is 3.55. The number of nitrogens with one attached hydrogen (secondary N) is 1. The molecule has 6 rings (SSSR count). The molecule has 4 aromatic rings. The lowest BCUT2D eigenvalue weighted by Gasteiger charge is -2.49. The Kier molecular flexibility index (Phi) is 11.8. The Morgan fingerprint density at radius 3 is 2.37 bits per heavy atom. The van der Waals surface area contributed by atoms with Gasteiger partial charge in [0.1, 0.15) is 29.4 Å². The summed E-state index contributed by atoms with van der Waals surface area (Å²) in [4.78, 5) is 54.0. The number of amides is 2. The number of fused-ring (bicyclic) bond motifs is 1. The van der Waals surface area contributed by atoms with E-state index in [4.69, 9.17) is 15.3 Å². The van der Waals surface area contributed by atoms with E-state index in [9.17, 15) is 18.6 Å². The molecule has 2 aliphatic rings. The second-order valence-corrected chi connectivity index (χ2v) is 13.9. The highest BCUT2D eigenvalue weighted by Crippen LogP contribution is 2.37. The van der Waals surface area contributed by atoms with Gasteiger partial charge in [-0.05, 0) is 24.1 Å². The Hall–Kier alpha value is -5.19. The van der Waals surface area contributed by atoms with Crippen molar-refractivity contribution in [1.82, 2.24) is 19.6 Å². The van der Waals surface area contributed by atoms with Crippen LogP contribution >= 0.6 is 11.5 Å². The first kappa shape index (κ1) is 37.1. The van der Waals surface area contributed by atoms with Gasteiger partial charge < -0.3 is 37.9 Å². The number of hydrogen-bond acceptors (Lipinski definition) is 12. The number of nitrogens with zero attached hydrogens (tertiary/aromatic N) is 6. The number of anilines is 2. The third kappa shape index (κ3) is 7.92. The molecule has 0 spiro atoms. The van der Waals surface area contributed by atoms with Crippen LogP contribution in [0.2, 0.25) is 0 Å². The molecule has 266 valence electrons. The van der Waals surface area contributed by atoms with Gasteiger partial charge in [0.25, 0.3) is 11.8 Å². The minimum absolute atomic E-state index is 0. The predicted octanol–water partition coefficient (Wildman–Crippen LogP) is -1.08. The summed E-state index contributed by atoms with van der Waals surface area (Å²) in [6.07, 6.45) is 2.92. The van der Waals surface area contributed by atoms with Gasteiger partial charge in [0.2, 0.25) is 11.5 Å². The first-order chi connectivity index (χ1) is 24.2. The third-order valence-electron chi connectivity index (χ3n) is 8.00. The molecular weight excluding hydrogens is 716 g/mol. The molecule has 14 nitrogen and oxygen atoms in total. The fourth-order valence-corrected chi connectivity index (χ4v) is 7.76. The largest absolute Gasteiger partial charge is 1.00 e. The number of carbonyl (C=O) groups is 3. The first-order valence-corrected chi connectivity index (χ1v) is 17.8. The van der Waals surface area contributed by atoms with Gasteiger partial charge >= 0.3 is 5.97 Å². The number of β-lactam (4-membered cyclic amide) rings is 1. The number of rotatable bonds is 12. The molecule has 3 N–H and O–H groups in total. The summed E-state index contributed by atoms with van der Waals surface area (Å²) in [7, 11) is 2.10. The Morgan fingerprint density at radius 1 is 1.12 bits per heavy atom. The van der Waals surface area contributed by atoms with Crippen molar-refractivity contribution < 1.29 is 45.1 Å². The zero-order chi connectivity index (χ0) is 35.4. The second-order valence-electron chi connectivity index (χ2n) is 11.6. The molecule has 0 radical (unpaired) electrons. The van der Waals surface area contributed by atoms with Gasteiger partial charge in [-0.1, -0.05) is 65.8 Å². The molecular formula is C34H35ClN8O6S2. The highest BCUT2D eigenvalue weighted by Gasteiger charge is 2.58. The lowest BCUT2D eigenvalue weighted by molar-refractivity contribution is -0.688. The van der Waals surface area contributed by atoms with Crippen LogP contribution in [0.4, 0.5) is 10.8 Å². The topological polar surface area (TPSA) is 173 Å². The van der Waals surface area contributed by atoms with Crippen molar-refractivity contribution in [3.8, 4) is 0 Å². The zero-order valence-electron chi connectivity index (χ0n) is 27.8. The molecule has 2 aromatic carbocycles. The Bertz CT molecular complexity index is 1950. The lowest BCUT2D eigenvalue weighted by Crippen LogP contribution is -3.00. The lowest BCUT2D eigenvalue weighted by atomic mass is 10.0. The molecule has 2 aromatic heterocycles. The maximum Gasteiger partial charge on any atom is 0.356 e. The van der Waals surface area contributed by atoms with Crippen LogP contribution in [0.1, 0.15) is 30.0 Å². The summed E-state index contributed by atoms with van der Waals surface area (Å²) in [6, 6.07) is 21.1. The smallest absolute Gasteiger partial charge is 0.356 e. The van der Waals surface area contributed by atoms with E-state index in [0.717, 1.165) is 28.3 Å². The number of oxime groups is 1. The molecule has 0 bridgehead atoms. The van der Waals surface area contributed by atoms with Crippen molar-refractivity contribution in [2.45, 2.75) is 31.0 Å². The van der Waals surface area contributed by atoms with Crippen LogP contribution in [0.25, 0.3) is 0 Å². The van der Waals surface area contributed by atoms with Crippen molar-refractivity contribution in [1.29, 1.82) is 0 Å². The van der Waals surface area contributed by atoms with Crippen LogP contribution in [0.5, 0.6) is 0 Å². The summed E-state index contributed by atoms with van der Waals surface area (Å²) in [5, 5.41) is 5.51. The Labute approximate surface area is 307 Å². The van der Waals surface area contributed by atoms with E-state index in [0.29, 0.717) is 5.57 Å². The van der Waals surface area contributed by atoms with E-state index in [1.807, 2.05) is 109 Å². The van der Waals surface area contributed by atoms with E-state index in [1.165, 1.54) is 4.90 Å². The maximum absolute atomic E-state index is 14.4. The van der Waals surface area contributed by atoms with E-state index in [-0.39, 0.29) is 53.7 Å². The van der Waals surface area contributed by atoms with Crippen molar-refractivity contribution in [2.24, 2.45) is 5.16 Å². The van der Waals surface area contributed by atoms with Gasteiger partial charge in [0.15, 0.2) is 30.2 Å². The highest BCUT2D eigenvalue weighted by atomic mass is 35.5. The number of esters is 1. The molecule has 3 atom stereocenters. The SMILES string of the molecule is CCON=C(C(=O)NC1C(=O)N2C(C(=O)OC(c3ccccc3)c3ccccc3)=C(C[n+]3cccc(N(C)C)c3)CS(=O)[C@@H]12)c1nsc(N)n1.[Cl-]. The average molecular weight is 751 g/mol. The fraction of sp³-hybridized carbons (Fsp3) is 0.265. The molecule has 4 heterocycles. The number of carbonyl (C=O) groups excluding carboxylic acids is 3. The molecule has 51 heavy (non-hydrogen) atoms. The summed E-state index contributed by atoms with van der Waals surface area (Å²) < 4.78 is 26.0.